The summed E-state index contributed by atoms with van der Waals surface area (Å²) in [4.78, 5) is 25.7. The van der Waals surface area contributed by atoms with Gasteiger partial charge in [-0.2, -0.15) is 4.55 Å². The van der Waals surface area contributed by atoms with Crippen LogP contribution in [0.4, 0.5) is 0 Å². The summed E-state index contributed by atoms with van der Waals surface area (Å²) in [5.41, 5.74) is 3.26. The van der Waals surface area contributed by atoms with Crippen molar-refractivity contribution >= 4 is 22.1 Å². The molecule has 4 atom stereocenters. The first-order valence-corrected chi connectivity index (χ1v) is 15.4. The van der Waals surface area contributed by atoms with Crippen molar-refractivity contribution in [2.24, 2.45) is 5.92 Å². The Morgan fingerprint density at radius 3 is 2.48 bits per heavy atom. The fraction of sp³-hybridized carbons (Fsp3) is 0.333. The molecule has 210 valence electrons. The molecular formula is C33H38NO5S+. The molecule has 0 aliphatic heterocycles. The van der Waals surface area contributed by atoms with E-state index in [-0.39, 0.29) is 17.6 Å². The first-order valence-electron chi connectivity index (χ1n) is 13.7. The molecule has 40 heavy (non-hydrogen) atoms. The first kappa shape index (κ1) is 29.4. The number of allylic oxidation sites excluding steroid dienone is 5. The van der Waals surface area contributed by atoms with Crippen molar-refractivity contribution in [3.63, 3.8) is 0 Å². The third-order valence-electron chi connectivity index (χ3n) is 7.98. The summed E-state index contributed by atoms with van der Waals surface area (Å²) in [5.74, 6) is -1.48. The number of carbonyl (C=O) groups is 2. The smallest absolute Gasteiger partial charge is 0.332 e. The van der Waals surface area contributed by atoms with E-state index < -0.39 is 27.6 Å². The van der Waals surface area contributed by atoms with Gasteiger partial charge in [-0.05, 0) is 73.4 Å². The zero-order chi connectivity index (χ0) is 28.9. The van der Waals surface area contributed by atoms with Gasteiger partial charge in [0.15, 0.2) is 10.6 Å². The van der Waals surface area contributed by atoms with E-state index in [9.17, 15) is 23.5 Å². The molecule has 0 saturated heterocycles. The number of aryl methyl sites for hydroxylation is 1. The third kappa shape index (κ3) is 6.77. The lowest BCUT2D eigenvalue weighted by molar-refractivity contribution is -0.133. The lowest BCUT2D eigenvalue weighted by atomic mass is 9.78. The minimum atomic E-state index is -3.21. The molecule has 3 N–H and O–H groups in total. The van der Waals surface area contributed by atoms with Gasteiger partial charge in [-0.3, -0.25) is 4.79 Å². The molecule has 2 aromatic carbocycles. The Hall–Kier alpha value is -3.55. The van der Waals surface area contributed by atoms with Crippen molar-refractivity contribution in [2.75, 3.05) is 5.75 Å². The highest BCUT2D eigenvalue weighted by atomic mass is 32.3. The fourth-order valence-electron chi connectivity index (χ4n) is 5.35. The second-order valence-corrected chi connectivity index (χ2v) is 13.1. The Kier molecular flexibility index (Phi) is 9.06. The highest BCUT2D eigenvalue weighted by Gasteiger charge is 2.35. The number of nitrogens with one attached hydrogen (secondary N) is 1. The molecular weight excluding hydrogens is 522 g/mol. The molecule has 4 unspecified atom stereocenters. The number of aliphatic carboxylic acids is 1. The van der Waals surface area contributed by atoms with E-state index in [0.29, 0.717) is 36.2 Å². The van der Waals surface area contributed by atoms with Crippen molar-refractivity contribution in [1.29, 1.82) is 0 Å². The molecule has 0 radical (unpaired) electrons. The van der Waals surface area contributed by atoms with Crippen LogP contribution in [0.1, 0.15) is 57.1 Å². The van der Waals surface area contributed by atoms with Gasteiger partial charge in [0.1, 0.15) is 0 Å². The van der Waals surface area contributed by atoms with Crippen molar-refractivity contribution in [3.05, 3.63) is 113 Å². The summed E-state index contributed by atoms with van der Waals surface area (Å²) in [6.07, 6.45) is 12.1. The maximum Gasteiger partial charge on any atom is 0.332 e. The number of benzene rings is 2. The van der Waals surface area contributed by atoms with E-state index in [2.05, 4.69) is 5.32 Å². The fourth-order valence-corrected chi connectivity index (χ4v) is 6.66. The van der Waals surface area contributed by atoms with Gasteiger partial charge in [-0.15, -0.1) is 0 Å². The monoisotopic (exact) mass is 560 g/mol. The van der Waals surface area contributed by atoms with Gasteiger partial charge in [0.05, 0.1) is 11.5 Å². The first-order chi connectivity index (χ1) is 19.0. The summed E-state index contributed by atoms with van der Waals surface area (Å²) in [6.45, 7) is 5.72. The summed E-state index contributed by atoms with van der Waals surface area (Å²) in [6, 6.07) is 16.4. The molecule has 0 bridgehead atoms. The molecule has 0 saturated carbocycles. The summed E-state index contributed by atoms with van der Waals surface area (Å²) >= 11 is 0. The maximum absolute atomic E-state index is 13.4. The van der Waals surface area contributed by atoms with Crippen LogP contribution in [0.15, 0.2) is 107 Å². The summed E-state index contributed by atoms with van der Waals surface area (Å²) in [5, 5.41) is 13.0. The zero-order valence-electron chi connectivity index (χ0n) is 23.3. The molecule has 4 rings (SSSR count). The molecule has 2 aliphatic rings. The van der Waals surface area contributed by atoms with Gasteiger partial charge >= 0.3 is 5.97 Å². The van der Waals surface area contributed by atoms with Crippen molar-refractivity contribution in [1.82, 2.24) is 5.32 Å². The average Bonchev–Trinajstić information content (AvgIpc) is 2.93. The molecule has 7 heteroatoms. The minimum Gasteiger partial charge on any atom is -0.478 e. The van der Waals surface area contributed by atoms with Crippen LogP contribution >= 0.6 is 0 Å². The standard InChI is InChI=1S/C33H37NO5S/c1-23-10-9-13-27(30(23)32(36)37)22-28-14-7-8-20-33(28,3)34-31(35)24(2)26-15-17-29(18-16-26)40(38,39)21-19-25-11-5-4-6-12-25/h4-9,11-18,23-24H,10,19-22H2,1-3H3,(H2-,34,35,36,37,38,39)/p+1. The Balaban J connectivity index is 1.45. The van der Waals surface area contributed by atoms with Crippen LogP contribution in [0.2, 0.25) is 0 Å². The molecule has 0 fully saturated rings. The molecule has 0 aromatic heterocycles. The van der Waals surface area contributed by atoms with Gasteiger partial charge < -0.3 is 10.4 Å². The van der Waals surface area contributed by atoms with E-state index in [1.165, 1.54) is 0 Å². The highest BCUT2D eigenvalue weighted by Crippen LogP contribution is 2.36. The maximum atomic E-state index is 13.4. The number of hydrogen-bond acceptors (Lipinski definition) is 3. The SMILES string of the molecule is CC1CC=CC(CC2=CC=CCC2(C)NC(=O)C(C)c2ccc([S+](=O)(O)CCc3ccccc3)cc2)=C1C(=O)O. The van der Waals surface area contributed by atoms with Crippen LogP contribution in [-0.4, -0.2) is 32.8 Å². The summed E-state index contributed by atoms with van der Waals surface area (Å²) in [7, 11) is -3.21. The normalized spacial score (nSPS) is 22.8. The van der Waals surface area contributed by atoms with E-state index in [4.69, 9.17) is 0 Å². The molecule has 6 nitrogen and oxygen atoms in total. The van der Waals surface area contributed by atoms with Crippen LogP contribution in [0.3, 0.4) is 0 Å². The molecule has 1 amide bonds. The predicted molar refractivity (Wildman–Crippen MR) is 159 cm³/mol. The number of carboxylic acid groups (broad SMARTS) is 1. The average molecular weight is 561 g/mol. The lowest BCUT2D eigenvalue weighted by Gasteiger charge is -2.36. The van der Waals surface area contributed by atoms with Crippen LogP contribution in [0.5, 0.6) is 0 Å². The van der Waals surface area contributed by atoms with E-state index in [1.807, 2.05) is 81.5 Å². The van der Waals surface area contributed by atoms with Gasteiger partial charge in [-0.1, -0.05) is 84.0 Å². The molecule has 0 spiro atoms. The van der Waals surface area contributed by atoms with Crippen molar-refractivity contribution in [3.8, 4) is 0 Å². The van der Waals surface area contributed by atoms with Gasteiger partial charge in [-0.25, -0.2) is 4.79 Å². The lowest BCUT2D eigenvalue weighted by Crippen LogP contribution is -2.49. The van der Waals surface area contributed by atoms with Gasteiger partial charge in [0.25, 0.3) is 0 Å². The number of rotatable bonds is 10. The summed E-state index contributed by atoms with van der Waals surface area (Å²) < 4.78 is 23.6. The highest BCUT2D eigenvalue weighted by molar-refractivity contribution is 7.97. The number of carboxylic acids is 1. The van der Waals surface area contributed by atoms with E-state index in [1.54, 1.807) is 24.3 Å². The quantitative estimate of drug-likeness (QED) is 0.288. The Morgan fingerprint density at radius 1 is 1.10 bits per heavy atom. The largest absolute Gasteiger partial charge is 0.478 e. The molecule has 2 aliphatic carbocycles. The van der Waals surface area contributed by atoms with Gasteiger partial charge in [0, 0.05) is 12.0 Å². The Bertz CT molecular complexity index is 1420. The van der Waals surface area contributed by atoms with Crippen LogP contribution in [-0.2, 0) is 30.4 Å². The zero-order valence-corrected chi connectivity index (χ0v) is 24.1. The predicted octanol–water partition coefficient (Wildman–Crippen LogP) is 6.49. The molecule has 2 aromatic rings. The number of carbonyl (C=O) groups excluding carboxylic acids is 1. The van der Waals surface area contributed by atoms with E-state index >= 15 is 0 Å². The Labute approximate surface area is 237 Å². The minimum absolute atomic E-state index is 0.0620. The van der Waals surface area contributed by atoms with Crippen LogP contribution in [0, 0.1) is 5.92 Å². The van der Waals surface area contributed by atoms with E-state index in [0.717, 1.165) is 22.3 Å². The van der Waals surface area contributed by atoms with Crippen LogP contribution in [0.25, 0.3) is 0 Å². The van der Waals surface area contributed by atoms with Crippen molar-refractivity contribution in [2.45, 2.75) is 62.8 Å². The molecule has 0 heterocycles. The van der Waals surface area contributed by atoms with Crippen LogP contribution < -0.4 is 5.32 Å². The third-order valence-corrected chi connectivity index (χ3v) is 9.74. The number of amides is 1. The second-order valence-electron chi connectivity index (χ2n) is 11.0. The topological polar surface area (TPSA) is 104 Å². The Morgan fingerprint density at radius 2 is 1.80 bits per heavy atom. The number of hydrogen-bond donors (Lipinski definition) is 3. The van der Waals surface area contributed by atoms with Crippen molar-refractivity contribution < 1.29 is 23.5 Å². The second kappa shape index (κ2) is 12.3. The van der Waals surface area contributed by atoms with Gasteiger partial charge in [0.2, 0.25) is 16.1 Å².